The lowest BCUT2D eigenvalue weighted by Crippen LogP contribution is -2.52. The van der Waals surface area contributed by atoms with E-state index in [-0.39, 0.29) is 24.1 Å². The van der Waals surface area contributed by atoms with Crippen molar-refractivity contribution in [1.29, 1.82) is 0 Å². The molecule has 0 spiro atoms. The molecule has 4 heteroatoms. The summed E-state index contributed by atoms with van der Waals surface area (Å²) in [5.74, 6) is 0.0414. The molecule has 1 N–H and O–H groups in total. The summed E-state index contributed by atoms with van der Waals surface area (Å²) < 4.78 is 6.07. The van der Waals surface area contributed by atoms with Crippen LogP contribution in [-0.2, 0) is 10.3 Å². The average Bonchev–Trinajstić information content (AvgIpc) is 3.47. The van der Waals surface area contributed by atoms with Gasteiger partial charge in [0.05, 0.1) is 5.60 Å². The van der Waals surface area contributed by atoms with Crippen molar-refractivity contribution in [3.63, 3.8) is 0 Å². The number of nitrogens with zero attached hydrogens (tertiary/aromatic N) is 1. The molecule has 0 radical (unpaired) electrons. The van der Waals surface area contributed by atoms with Crippen LogP contribution in [0.5, 0.6) is 0 Å². The number of benzene rings is 5. The van der Waals surface area contributed by atoms with Gasteiger partial charge in [-0.1, -0.05) is 97.1 Å². The van der Waals surface area contributed by atoms with Gasteiger partial charge in [0.15, 0.2) is 0 Å². The van der Waals surface area contributed by atoms with Gasteiger partial charge < -0.3 is 14.7 Å². The number of ether oxygens (including phenoxy) is 1. The van der Waals surface area contributed by atoms with E-state index in [0.29, 0.717) is 19.4 Å². The Labute approximate surface area is 233 Å². The zero-order valence-electron chi connectivity index (χ0n) is 22.3. The molecule has 2 aliphatic heterocycles. The Morgan fingerprint density at radius 2 is 1.30 bits per heavy atom. The number of piperidine rings is 1. The second-order valence-corrected chi connectivity index (χ2v) is 11.7. The highest BCUT2D eigenvalue weighted by Gasteiger charge is 2.51. The fraction of sp³-hybridized carbons (Fsp3) is 0.250. The largest absolute Gasteiger partial charge is 0.448 e. The lowest BCUT2D eigenvalue weighted by molar-refractivity contribution is -0.0520. The fourth-order valence-electron chi connectivity index (χ4n) is 7.85. The highest BCUT2D eigenvalue weighted by Crippen LogP contribution is 2.49. The van der Waals surface area contributed by atoms with Gasteiger partial charge in [-0.2, -0.15) is 0 Å². The summed E-state index contributed by atoms with van der Waals surface area (Å²) in [6.07, 6.45) is 2.58. The third-order valence-electron chi connectivity index (χ3n) is 9.58. The first kappa shape index (κ1) is 23.7. The van der Waals surface area contributed by atoms with E-state index in [1.54, 1.807) is 0 Å². The second-order valence-electron chi connectivity index (χ2n) is 11.7. The molecule has 2 fully saturated rings. The number of hydrogen-bond acceptors (Lipinski definition) is 3. The molecule has 198 valence electrons. The van der Waals surface area contributed by atoms with Crippen LogP contribution in [0.15, 0.2) is 103 Å². The number of aliphatic hydroxyl groups is 1. The van der Waals surface area contributed by atoms with Crippen molar-refractivity contribution in [1.82, 2.24) is 4.90 Å². The SMILES string of the molecule is O=C(OCC1c2ccccc2-c2ccccc21)N1C2CCC1CC(O)(c1cc3ccccc3c3ccccc13)C2. The van der Waals surface area contributed by atoms with Crippen LogP contribution in [0.1, 0.15) is 48.3 Å². The molecule has 8 rings (SSSR count). The van der Waals surface area contributed by atoms with Crippen molar-refractivity contribution in [2.45, 2.75) is 49.3 Å². The minimum absolute atomic E-state index is 0.0374. The Bertz CT molecular complexity index is 1730. The van der Waals surface area contributed by atoms with Gasteiger partial charge in [0.1, 0.15) is 6.61 Å². The third kappa shape index (κ3) is 3.52. The summed E-state index contributed by atoms with van der Waals surface area (Å²) in [6, 6.07) is 35.7. The number of carbonyl (C=O) groups is 1. The predicted molar refractivity (Wildman–Crippen MR) is 158 cm³/mol. The molecule has 2 heterocycles. The summed E-state index contributed by atoms with van der Waals surface area (Å²) in [5.41, 5.74) is 4.88. The number of carbonyl (C=O) groups excluding carboxylic acids is 1. The molecular weight excluding hydrogens is 494 g/mol. The van der Waals surface area contributed by atoms with E-state index in [1.807, 2.05) is 17.0 Å². The molecule has 1 amide bonds. The molecule has 0 aromatic heterocycles. The van der Waals surface area contributed by atoms with Crippen molar-refractivity contribution in [3.8, 4) is 11.1 Å². The first-order chi connectivity index (χ1) is 19.6. The first-order valence-corrected chi connectivity index (χ1v) is 14.4. The van der Waals surface area contributed by atoms with Crippen molar-refractivity contribution in [2.24, 2.45) is 0 Å². The Kier molecular flexibility index (Phi) is 5.30. The molecule has 2 saturated heterocycles. The highest BCUT2D eigenvalue weighted by molar-refractivity contribution is 6.09. The number of hydrogen-bond donors (Lipinski definition) is 1. The van der Waals surface area contributed by atoms with Crippen molar-refractivity contribution in [3.05, 3.63) is 120 Å². The van der Waals surface area contributed by atoms with E-state index >= 15 is 0 Å². The zero-order valence-corrected chi connectivity index (χ0v) is 22.3. The van der Waals surface area contributed by atoms with Crippen molar-refractivity contribution < 1.29 is 14.6 Å². The fourth-order valence-corrected chi connectivity index (χ4v) is 7.85. The van der Waals surface area contributed by atoms with E-state index in [2.05, 4.69) is 91.0 Å². The Balaban J connectivity index is 1.06. The Morgan fingerprint density at radius 1 is 0.750 bits per heavy atom. The van der Waals surface area contributed by atoms with E-state index in [1.165, 1.54) is 27.6 Å². The van der Waals surface area contributed by atoms with Crippen LogP contribution in [0.3, 0.4) is 0 Å². The van der Waals surface area contributed by atoms with Gasteiger partial charge in [-0.3, -0.25) is 0 Å². The summed E-state index contributed by atoms with van der Waals surface area (Å²) in [7, 11) is 0. The smallest absolute Gasteiger partial charge is 0.410 e. The molecule has 5 aromatic rings. The molecule has 2 bridgehead atoms. The molecule has 3 aliphatic rings. The van der Waals surface area contributed by atoms with Crippen LogP contribution >= 0.6 is 0 Å². The van der Waals surface area contributed by atoms with Gasteiger partial charge in [0, 0.05) is 30.8 Å². The van der Waals surface area contributed by atoms with Gasteiger partial charge in [0.25, 0.3) is 0 Å². The van der Waals surface area contributed by atoms with Gasteiger partial charge in [-0.05, 0) is 68.3 Å². The average molecular weight is 526 g/mol. The van der Waals surface area contributed by atoms with Gasteiger partial charge >= 0.3 is 6.09 Å². The van der Waals surface area contributed by atoms with Crippen LogP contribution in [-0.4, -0.2) is 34.8 Å². The van der Waals surface area contributed by atoms with Gasteiger partial charge in [-0.15, -0.1) is 0 Å². The van der Waals surface area contributed by atoms with E-state index in [9.17, 15) is 9.90 Å². The van der Waals surface area contributed by atoms with E-state index in [0.717, 1.165) is 34.6 Å². The maximum absolute atomic E-state index is 13.6. The van der Waals surface area contributed by atoms with Gasteiger partial charge in [-0.25, -0.2) is 4.79 Å². The molecule has 1 aliphatic carbocycles. The van der Waals surface area contributed by atoms with E-state index < -0.39 is 5.60 Å². The van der Waals surface area contributed by atoms with Crippen LogP contribution < -0.4 is 0 Å². The zero-order chi connectivity index (χ0) is 26.8. The van der Waals surface area contributed by atoms with Crippen molar-refractivity contribution in [2.75, 3.05) is 6.61 Å². The second kappa shape index (κ2) is 8.94. The minimum atomic E-state index is -0.990. The minimum Gasteiger partial charge on any atom is -0.448 e. The van der Waals surface area contributed by atoms with Crippen LogP contribution in [0.25, 0.3) is 32.7 Å². The maximum Gasteiger partial charge on any atom is 0.410 e. The highest BCUT2D eigenvalue weighted by atomic mass is 16.6. The van der Waals surface area contributed by atoms with Gasteiger partial charge in [0.2, 0.25) is 0 Å². The number of rotatable bonds is 3. The van der Waals surface area contributed by atoms with E-state index in [4.69, 9.17) is 4.74 Å². The molecule has 0 saturated carbocycles. The molecular formula is C36H31NO3. The third-order valence-corrected chi connectivity index (χ3v) is 9.58. The lowest BCUT2D eigenvalue weighted by Gasteiger charge is -2.44. The maximum atomic E-state index is 13.6. The summed E-state index contributed by atoms with van der Waals surface area (Å²) in [6.45, 7) is 0.322. The monoisotopic (exact) mass is 525 g/mol. The molecule has 2 atom stereocenters. The van der Waals surface area contributed by atoms with Crippen LogP contribution in [0, 0.1) is 0 Å². The Morgan fingerprint density at radius 3 is 1.98 bits per heavy atom. The van der Waals surface area contributed by atoms with Crippen LogP contribution in [0.4, 0.5) is 4.79 Å². The summed E-state index contributed by atoms with van der Waals surface area (Å²) in [4.78, 5) is 15.5. The molecule has 4 nitrogen and oxygen atoms in total. The lowest BCUT2D eigenvalue weighted by atomic mass is 9.78. The molecule has 40 heavy (non-hydrogen) atoms. The number of fused-ring (bicyclic) bond motifs is 8. The Hall–Kier alpha value is -4.15. The number of amides is 1. The molecule has 2 unspecified atom stereocenters. The topological polar surface area (TPSA) is 49.8 Å². The normalized spacial score (nSPS) is 23.4. The predicted octanol–water partition coefficient (Wildman–Crippen LogP) is 7.76. The molecule has 5 aromatic carbocycles. The summed E-state index contributed by atoms with van der Waals surface area (Å²) in [5, 5.41) is 16.8. The quantitative estimate of drug-likeness (QED) is 0.245. The van der Waals surface area contributed by atoms with Crippen molar-refractivity contribution >= 4 is 27.6 Å². The first-order valence-electron chi connectivity index (χ1n) is 14.4. The van der Waals surface area contributed by atoms with Crippen LogP contribution in [0.2, 0.25) is 0 Å². The standard InChI is InChI=1S/C36H31NO3/c38-35(40-22-33-30-14-5-3-12-28(30)29-13-4-6-15-31(29)33)37-24-17-18-25(37)21-36(39,20-24)34-19-23-9-1-2-10-26(23)27-11-7-8-16-32(27)34/h1-16,19,24-25,33,39H,17-18,20-22H2. The summed E-state index contributed by atoms with van der Waals surface area (Å²) >= 11 is 0.